The third-order valence-corrected chi connectivity index (χ3v) is 5.24. The fourth-order valence-corrected chi connectivity index (χ4v) is 3.57. The van der Waals surface area contributed by atoms with Gasteiger partial charge in [0.05, 0.1) is 22.4 Å². The summed E-state index contributed by atoms with van der Waals surface area (Å²) in [5, 5.41) is 8.80. The minimum atomic E-state index is 0.265. The molecular weight excluding hydrogens is 342 g/mol. The van der Waals surface area contributed by atoms with Crippen LogP contribution in [0.3, 0.4) is 0 Å². The SMILES string of the molecule is CCS[C@H](C)c1noc(CSCc2ncn(-c3ccccc3)n2)n1. The number of benzene rings is 1. The van der Waals surface area contributed by atoms with Gasteiger partial charge in [0.15, 0.2) is 11.6 Å². The number of aromatic nitrogens is 5. The summed E-state index contributed by atoms with van der Waals surface area (Å²) in [4.78, 5) is 8.79. The molecule has 0 aliphatic heterocycles. The average Bonchev–Trinajstić information content (AvgIpc) is 3.26. The molecule has 24 heavy (non-hydrogen) atoms. The molecule has 3 rings (SSSR count). The van der Waals surface area contributed by atoms with E-state index in [4.69, 9.17) is 4.52 Å². The highest BCUT2D eigenvalue weighted by atomic mass is 32.2. The molecule has 2 heterocycles. The molecule has 8 heteroatoms. The smallest absolute Gasteiger partial charge is 0.236 e. The van der Waals surface area contributed by atoms with Gasteiger partial charge in [-0.2, -0.15) is 21.8 Å². The zero-order chi connectivity index (χ0) is 16.8. The molecule has 2 aromatic heterocycles. The first kappa shape index (κ1) is 17.0. The van der Waals surface area contributed by atoms with Crippen molar-refractivity contribution < 1.29 is 4.52 Å². The number of para-hydroxylation sites is 1. The van der Waals surface area contributed by atoms with E-state index in [9.17, 15) is 0 Å². The second-order valence-corrected chi connectivity index (χ2v) is 7.68. The lowest BCUT2D eigenvalue weighted by molar-refractivity contribution is 0.385. The minimum absolute atomic E-state index is 0.265. The molecule has 6 nitrogen and oxygen atoms in total. The van der Waals surface area contributed by atoms with Crippen LogP contribution in [0.5, 0.6) is 0 Å². The normalized spacial score (nSPS) is 12.4. The molecule has 0 aliphatic carbocycles. The highest BCUT2D eigenvalue weighted by Crippen LogP contribution is 2.26. The molecule has 0 aliphatic rings. The average molecular weight is 361 g/mol. The maximum atomic E-state index is 5.30. The van der Waals surface area contributed by atoms with E-state index in [-0.39, 0.29) is 5.25 Å². The van der Waals surface area contributed by atoms with E-state index >= 15 is 0 Å². The van der Waals surface area contributed by atoms with Crippen LogP contribution in [-0.2, 0) is 11.5 Å². The second kappa shape index (κ2) is 8.34. The van der Waals surface area contributed by atoms with Gasteiger partial charge < -0.3 is 4.52 Å². The highest BCUT2D eigenvalue weighted by Gasteiger charge is 2.13. The van der Waals surface area contributed by atoms with Crippen LogP contribution in [0.4, 0.5) is 0 Å². The number of rotatable bonds is 8. The summed E-state index contributed by atoms with van der Waals surface area (Å²) in [5.41, 5.74) is 1.00. The van der Waals surface area contributed by atoms with Gasteiger partial charge in [-0.3, -0.25) is 0 Å². The molecule has 0 bridgehead atoms. The summed E-state index contributed by atoms with van der Waals surface area (Å²) >= 11 is 3.47. The Kier molecular flexibility index (Phi) is 5.92. The summed E-state index contributed by atoms with van der Waals surface area (Å²) < 4.78 is 7.09. The first-order valence-corrected chi connectivity index (χ1v) is 9.94. The van der Waals surface area contributed by atoms with Gasteiger partial charge in [-0.05, 0) is 24.8 Å². The van der Waals surface area contributed by atoms with Crippen LogP contribution in [0.2, 0.25) is 0 Å². The second-order valence-electron chi connectivity index (χ2n) is 5.08. The first-order chi connectivity index (χ1) is 11.8. The number of hydrogen-bond donors (Lipinski definition) is 0. The van der Waals surface area contributed by atoms with Crippen molar-refractivity contribution in [2.75, 3.05) is 5.75 Å². The van der Waals surface area contributed by atoms with E-state index in [0.29, 0.717) is 17.4 Å². The summed E-state index contributed by atoms with van der Waals surface area (Å²) in [7, 11) is 0. The van der Waals surface area contributed by atoms with Crippen molar-refractivity contribution in [2.45, 2.75) is 30.6 Å². The zero-order valence-corrected chi connectivity index (χ0v) is 15.3. The van der Waals surface area contributed by atoms with Gasteiger partial charge in [-0.25, -0.2) is 9.67 Å². The fraction of sp³-hybridized carbons (Fsp3) is 0.375. The Morgan fingerprint density at radius 2 is 2.04 bits per heavy atom. The number of nitrogens with zero attached hydrogens (tertiary/aromatic N) is 5. The summed E-state index contributed by atoms with van der Waals surface area (Å²) in [5.74, 6) is 4.62. The molecule has 0 N–H and O–H groups in total. The Hall–Kier alpha value is -1.80. The van der Waals surface area contributed by atoms with Gasteiger partial charge in [-0.15, -0.1) is 11.8 Å². The maximum Gasteiger partial charge on any atom is 0.236 e. The molecule has 1 atom stereocenters. The Balaban J connectivity index is 1.51. The van der Waals surface area contributed by atoms with Crippen LogP contribution in [-0.4, -0.2) is 30.7 Å². The van der Waals surface area contributed by atoms with Crippen molar-refractivity contribution in [1.82, 2.24) is 24.9 Å². The van der Waals surface area contributed by atoms with E-state index < -0.39 is 0 Å². The molecule has 0 unspecified atom stereocenters. The zero-order valence-electron chi connectivity index (χ0n) is 13.6. The van der Waals surface area contributed by atoms with Crippen LogP contribution in [0.1, 0.15) is 36.6 Å². The molecule has 3 aromatic rings. The van der Waals surface area contributed by atoms with Gasteiger partial charge in [0.2, 0.25) is 5.89 Å². The van der Waals surface area contributed by atoms with E-state index in [1.807, 2.05) is 30.3 Å². The van der Waals surface area contributed by atoms with Crippen molar-refractivity contribution in [3.05, 3.63) is 54.2 Å². The van der Waals surface area contributed by atoms with Crippen molar-refractivity contribution in [3.63, 3.8) is 0 Å². The van der Waals surface area contributed by atoms with E-state index in [1.54, 1.807) is 34.5 Å². The predicted molar refractivity (Wildman–Crippen MR) is 97.2 cm³/mol. The van der Waals surface area contributed by atoms with Gasteiger partial charge in [-0.1, -0.05) is 30.3 Å². The Morgan fingerprint density at radius 1 is 1.21 bits per heavy atom. The van der Waals surface area contributed by atoms with Crippen molar-refractivity contribution in [2.24, 2.45) is 0 Å². The maximum absolute atomic E-state index is 5.30. The van der Waals surface area contributed by atoms with Crippen LogP contribution < -0.4 is 0 Å². The lowest BCUT2D eigenvalue weighted by atomic mass is 10.3. The van der Waals surface area contributed by atoms with Crippen LogP contribution >= 0.6 is 23.5 Å². The van der Waals surface area contributed by atoms with Gasteiger partial charge >= 0.3 is 0 Å². The molecule has 0 saturated heterocycles. The van der Waals surface area contributed by atoms with Gasteiger partial charge in [0.25, 0.3) is 0 Å². The third kappa shape index (κ3) is 4.39. The monoisotopic (exact) mass is 361 g/mol. The van der Waals surface area contributed by atoms with E-state index in [0.717, 1.165) is 23.1 Å². The molecule has 0 radical (unpaired) electrons. The standard InChI is InChI=1S/C16H19N5OS2/c1-3-24-12(2)16-18-15(22-20-16)10-23-9-14-17-11-21(19-14)13-7-5-4-6-8-13/h4-8,11-12H,3,9-10H2,1-2H3/t12-/m1/s1. The molecule has 126 valence electrons. The summed E-state index contributed by atoms with van der Waals surface area (Å²) in [6, 6.07) is 9.95. The van der Waals surface area contributed by atoms with Crippen LogP contribution in [0.25, 0.3) is 5.69 Å². The number of hydrogen-bond acceptors (Lipinski definition) is 7. The Labute approximate surface area is 149 Å². The first-order valence-electron chi connectivity index (χ1n) is 7.74. The minimum Gasteiger partial charge on any atom is -0.338 e. The van der Waals surface area contributed by atoms with Crippen LogP contribution in [0.15, 0.2) is 41.2 Å². The van der Waals surface area contributed by atoms with Crippen molar-refractivity contribution >= 4 is 23.5 Å². The topological polar surface area (TPSA) is 69.6 Å². The fourth-order valence-electron chi connectivity index (χ4n) is 2.11. The molecular formula is C16H19N5OS2. The third-order valence-electron chi connectivity index (χ3n) is 3.28. The quantitative estimate of drug-likeness (QED) is 0.602. The van der Waals surface area contributed by atoms with E-state index in [2.05, 4.69) is 34.1 Å². The predicted octanol–water partition coefficient (Wildman–Crippen LogP) is 3.90. The number of thioether (sulfide) groups is 2. The van der Waals surface area contributed by atoms with Gasteiger partial charge in [0, 0.05) is 0 Å². The van der Waals surface area contributed by atoms with Crippen LogP contribution in [0, 0.1) is 0 Å². The Bertz CT molecular complexity index is 759. The molecule has 1 aromatic carbocycles. The summed E-state index contributed by atoms with van der Waals surface area (Å²) in [6.07, 6.45) is 1.74. The molecule has 0 saturated carbocycles. The van der Waals surface area contributed by atoms with Gasteiger partial charge in [0.1, 0.15) is 6.33 Å². The lowest BCUT2D eigenvalue weighted by Gasteiger charge is -2.01. The highest BCUT2D eigenvalue weighted by molar-refractivity contribution is 7.99. The molecule has 0 amide bonds. The Morgan fingerprint density at radius 3 is 2.83 bits per heavy atom. The van der Waals surface area contributed by atoms with Crippen molar-refractivity contribution in [1.29, 1.82) is 0 Å². The molecule has 0 fully saturated rings. The lowest BCUT2D eigenvalue weighted by Crippen LogP contribution is -1.95. The molecule has 0 spiro atoms. The summed E-state index contributed by atoms with van der Waals surface area (Å²) in [6.45, 7) is 4.22. The largest absolute Gasteiger partial charge is 0.338 e. The van der Waals surface area contributed by atoms with E-state index in [1.165, 1.54) is 0 Å². The van der Waals surface area contributed by atoms with Crippen molar-refractivity contribution in [3.8, 4) is 5.69 Å².